The van der Waals surface area contributed by atoms with Gasteiger partial charge in [-0.2, -0.15) is 0 Å². The van der Waals surface area contributed by atoms with Crippen molar-refractivity contribution in [1.29, 1.82) is 0 Å². The van der Waals surface area contributed by atoms with Gasteiger partial charge in [-0.25, -0.2) is 0 Å². The molecule has 8 heteroatoms. The molecule has 0 heterocycles. The molecule has 0 unspecified atom stereocenters. The Morgan fingerprint density at radius 1 is 0.356 bits per heavy atom. The molecular weight excluding hydrogens is 979 g/mol. The fourth-order valence-electron chi connectivity index (χ4n) is 12.2. The summed E-state index contributed by atoms with van der Waals surface area (Å²) in [4.78, 5) is 0. The molecule has 0 N–H and O–H groups in total. The molecule has 0 amide bonds. The van der Waals surface area contributed by atoms with Crippen LogP contribution in [0.3, 0.4) is 0 Å². The molecule has 59 heavy (non-hydrogen) atoms. The van der Waals surface area contributed by atoms with E-state index in [1.54, 1.807) is 9.14 Å². The molecule has 4 aromatic rings. The van der Waals surface area contributed by atoms with Gasteiger partial charge in [-0.1, -0.05) is 0 Å². The van der Waals surface area contributed by atoms with Gasteiger partial charge in [0.1, 0.15) is 0 Å². The molecule has 0 atom stereocenters. The fraction of sp³-hybridized carbons (Fsp3) is 0.529. The molecular formula is C51H84SeSi6Sn. The average molecular weight is 1060 g/mol. The Kier molecular flexibility index (Phi) is 16.1. The van der Waals surface area contributed by atoms with Crippen molar-refractivity contribution < 1.29 is 0 Å². The molecule has 0 aliphatic heterocycles. The van der Waals surface area contributed by atoms with Crippen molar-refractivity contribution in [2.24, 2.45) is 0 Å². The first kappa shape index (κ1) is 51.1. The van der Waals surface area contributed by atoms with Crippen molar-refractivity contribution in [2.75, 3.05) is 0 Å². The molecule has 0 aliphatic rings. The van der Waals surface area contributed by atoms with Crippen molar-refractivity contribution in [1.82, 2.24) is 0 Å². The van der Waals surface area contributed by atoms with E-state index in [2.05, 4.69) is 237 Å². The van der Waals surface area contributed by atoms with Gasteiger partial charge in [0.2, 0.25) is 0 Å². The van der Waals surface area contributed by atoms with Crippen LogP contribution in [0.15, 0.2) is 78.9 Å². The number of benzene rings is 4. The van der Waals surface area contributed by atoms with E-state index >= 15 is 0 Å². The summed E-state index contributed by atoms with van der Waals surface area (Å²) in [6.07, 6.45) is 0. The summed E-state index contributed by atoms with van der Waals surface area (Å²) in [6.45, 7) is 58.2. The third-order valence-electron chi connectivity index (χ3n) is 12.6. The van der Waals surface area contributed by atoms with Crippen molar-refractivity contribution in [3.05, 3.63) is 107 Å². The van der Waals surface area contributed by atoms with Crippen LogP contribution in [0.1, 0.15) is 82.8 Å². The number of hydrogen-bond acceptors (Lipinski definition) is 0. The van der Waals surface area contributed by atoms with Gasteiger partial charge < -0.3 is 0 Å². The van der Waals surface area contributed by atoms with Crippen LogP contribution in [-0.4, -0.2) is 77.6 Å². The van der Waals surface area contributed by atoms with Gasteiger partial charge in [-0.05, 0) is 0 Å². The minimum atomic E-state index is -2.97. The van der Waals surface area contributed by atoms with Crippen LogP contribution in [0.2, 0.25) is 118 Å². The monoisotopic (exact) mass is 1060 g/mol. The molecule has 0 bridgehead atoms. The van der Waals surface area contributed by atoms with Gasteiger partial charge in [-0.15, -0.1) is 0 Å². The Labute approximate surface area is 383 Å². The summed E-state index contributed by atoms with van der Waals surface area (Å²) in [5.74, 6) is 0.880. The molecule has 4 aromatic carbocycles. The van der Waals surface area contributed by atoms with Gasteiger partial charge in [-0.3, -0.25) is 0 Å². The second kappa shape index (κ2) is 18.5. The third kappa shape index (κ3) is 11.6. The van der Waals surface area contributed by atoms with Crippen molar-refractivity contribution in [3.63, 3.8) is 0 Å². The summed E-state index contributed by atoms with van der Waals surface area (Å²) < 4.78 is 3.54. The van der Waals surface area contributed by atoms with E-state index in [0.29, 0.717) is 27.3 Å². The van der Waals surface area contributed by atoms with Crippen LogP contribution in [0, 0.1) is 0 Å². The van der Waals surface area contributed by atoms with Gasteiger partial charge >= 0.3 is 387 Å². The summed E-state index contributed by atoms with van der Waals surface area (Å²) in [5.41, 5.74) is 14.1. The number of rotatable bonds is 15. The van der Waals surface area contributed by atoms with Crippen LogP contribution >= 0.6 is 0 Å². The molecule has 0 saturated carbocycles. The topological polar surface area (TPSA) is 0 Å². The molecule has 0 aromatic heterocycles. The maximum atomic E-state index is 4.31. The molecule has 0 nitrogen and oxygen atoms in total. The SMILES string of the molecule is CC(C)c1ccccc1-c1cccc(-c2ccccc2C(C)C)[c]1[Sn](=[Se])[c]1c(C([Si](C)(C)C)[Si](C)(C)C)cc(C([Si](C)(C)C)[Si](C)(C)C)cc1C([Si](C)(C)C)[Si](C)(C)C. The van der Waals surface area contributed by atoms with E-state index in [1.807, 2.05) is 14.7 Å². The van der Waals surface area contributed by atoms with E-state index in [1.165, 1.54) is 33.4 Å². The normalized spacial score (nSPS) is 13.7. The summed E-state index contributed by atoms with van der Waals surface area (Å²) in [6, 6.07) is 32.1. The van der Waals surface area contributed by atoms with E-state index in [9.17, 15) is 0 Å². The molecule has 0 radical (unpaired) electrons. The molecule has 0 spiro atoms. The van der Waals surface area contributed by atoms with Crippen molar-refractivity contribution >= 4 is 84.7 Å². The quantitative estimate of drug-likeness (QED) is 0.104. The van der Waals surface area contributed by atoms with Crippen LogP contribution in [-0.2, 0) is 0 Å². The second-order valence-electron chi connectivity index (χ2n) is 25.1. The third-order valence-corrected chi connectivity index (χ3v) is 52.1. The standard InChI is InChI=1S/C27H59Si6.C24H25.Se.Sn/c1-28(2,3)25(29(4,5)6)22-19-23(26(30(7,8)9)31(10,11)12)21-24(20-22)27(32(13,14)15)33(16,17)18;1-17(2)21-12-5-7-14-23(21)19-10-9-11-20(16-19)24-15-8-6-13-22(24)18(3)4;;/h19-20,25-27H,1-18H3;5-15,17-18H,1-4H3;;. The Hall–Kier alpha value is -0.501. The molecule has 4 rings (SSSR count). The first-order valence-corrected chi connectivity index (χ1v) is 54.0. The van der Waals surface area contributed by atoms with Crippen molar-refractivity contribution in [3.8, 4) is 22.3 Å². The Balaban J connectivity index is 2.46. The summed E-state index contributed by atoms with van der Waals surface area (Å²) >= 11 is 1.34. The maximum absolute atomic E-state index is 4.31. The molecule has 0 fully saturated rings. The van der Waals surface area contributed by atoms with Crippen molar-refractivity contribution in [2.45, 2.75) is 173 Å². The van der Waals surface area contributed by atoms with Crippen LogP contribution in [0.25, 0.3) is 22.3 Å². The zero-order chi connectivity index (χ0) is 45.0. The van der Waals surface area contributed by atoms with E-state index < -0.39 is 65.4 Å². The molecule has 0 aliphatic carbocycles. The molecule has 322 valence electrons. The van der Waals surface area contributed by atoms with Gasteiger partial charge in [0, 0.05) is 0 Å². The molecule has 0 saturated heterocycles. The zero-order valence-electron chi connectivity index (χ0n) is 41.8. The van der Waals surface area contributed by atoms with Crippen LogP contribution in [0.4, 0.5) is 0 Å². The minimum absolute atomic E-state index is 0.440. The van der Waals surface area contributed by atoms with E-state index in [4.69, 9.17) is 0 Å². The zero-order valence-corrected chi connectivity index (χ0v) is 52.4. The van der Waals surface area contributed by atoms with Gasteiger partial charge in [0.25, 0.3) is 0 Å². The van der Waals surface area contributed by atoms with Crippen LogP contribution in [0.5, 0.6) is 0 Å². The Morgan fingerprint density at radius 2 is 0.644 bits per heavy atom. The van der Waals surface area contributed by atoms with E-state index in [-0.39, 0.29) is 0 Å². The van der Waals surface area contributed by atoms with E-state index in [0.717, 1.165) is 0 Å². The fourth-order valence-corrected chi connectivity index (χ4v) is 64.5. The van der Waals surface area contributed by atoms with Gasteiger partial charge in [0.05, 0.1) is 0 Å². The van der Waals surface area contributed by atoms with Crippen LogP contribution < -0.4 is 7.16 Å². The second-order valence-corrected chi connectivity index (χ2v) is 69.2. The Morgan fingerprint density at radius 3 is 0.932 bits per heavy atom. The first-order chi connectivity index (χ1) is 26.7. The predicted octanol–water partition coefficient (Wildman–Crippen LogP) is 15.1. The number of hydrogen-bond donors (Lipinski definition) is 0. The Bertz CT molecular complexity index is 1960. The average Bonchev–Trinajstić information content (AvgIpc) is 3.03. The van der Waals surface area contributed by atoms with Gasteiger partial charge in [0.15, 0.2) is 0 Å². The summed E-state index contributed by atoms with van der Waals surface area (Å²) in [5, 5.41) is 2.05. The predicted molar refractivity (Wildman–Crippen MR) is 291 cm³/mol. The summed E-state index contributed by atoms with van der Waals surface area (Å²) in [7, 11) is -10.1. The first-order valence-electron chi connectivity index (χ1n) is 22.7.